The predicted molar refractivity (Wildman–Crippen MR) is 139 cm³/mol. The first-order valence-electron chi connectivity index (χ1n) is 12.4. The van der Waals surface area contributed by atoms with Gasteiger partial charge in [-0.15, -0.1) is 0 Å². The van der Waals surface area contributed by atoms with Gasteiger partial charge in [0, 0.05) is 12.1 Å². The van der Waals surface area contributed by atoms with Crippen LogP contribution in [0, 0.1) is 0 Å². The van der Waals surface area contributed by atoms with Crippen molar-refractivity contribution in [2.45, 2.75) is 33.2 Å². The van der Waals surface area contributed by atoms with Gasteiger partial charge in [-0.3, -0.25) is 9.59 Å². The number of hydrogen-bond donors (Lipinski definition) is 1. The second-order valence-electron chi connectivity index (χ2n) is 8.44. The van der Waals surface area contributed by atoms with E-state index in [-0.39, 0.29) is 11.3 Å². The number of aliphatic hydroxyl groups excluding tert-OH is 1. The van der Waals surface area contributed by atoms with Gasteiger partial charge < -0.3 is 29.1 Å². The van der Waals surface area contributed by atoms with Crippen LogP contribution < -0.4 is 14.2 Å². The molecule has 0 radical (unpaired) electrons. The summed E-state index contributed by atoms with van der Waals surface area (Å²) in [5.74, 6) is 0.132. The van der Waals surface area contributed by atoms with Crippen molar-refractivity contribution in [2.24, 2.45) is 0 Å². The zero-order valence-electron chi connectivity index (χ0n) is 21.7. The van der Waals surface area contributed by atoms with E-state index in [1.807, 2.05) is 13.0 Å². The number of Topliss-reactive ketones (excluding diaryl/α,β-unsaturated/α-hetero) is 1. The predicted octanol–water partition coefficient (Wildman–Crippen LogP) is 4.26. The fraction of sp³-hybridized carbons (Fsp3) is 0.429. The molecule has 194 valence electrons. The van der Waals surface area contributed by atoms with Crippen molar-refractivity contribution in [3.8, 4) is 17.2 Å². The number of carbonyl (C=O) groups is 2. The maximum Gasteiger partial charge on any atom is 0.295 e. The van der Waals surface area contributed by atoms with E-state index < -0.39 is 17.7 Å². The largest absolute Gasteiger partial charge is 0.507 e. The van der Waals surface area contributed by atoms with Crippen molar-refractivity contribution in [3.63, 3.8) is 0 Å². The van der Waals surface area contributed by atoms with E-state index in [9.17, 15) is 14.7 Å². The van der Waals surface area contributed by atoms with E-state index in [4.69, 9.17) is 14.2 Å². The summed E-state index contributed by atoms with van der Waals surface area (Å²) in [5, 5.41) is 11.3. The first-order valence-corrected chi connectivity index (χ1v) is 12.4. The van der Waals surface area contributed by atoms with Crippen LogP contribution in [0.4, 0.5) is 0 Å². The smallest absolute Gasteiger partial charge is 0.295 e. The SMILES string of the molecule is CCOc1ccc([C@@H]2C(=C(O)c3ccc(OC)cc3)C(=O)C(=O)N2CCCN(CC)CC)cc1OC. The summed E-state index contributed by atoms with van der Waals surface area (Å²) in [4.78, 5) is 30.3. The van der Waals surface area contributed by atoms with E-state index in [2.05, 4.69) is 18.7 Å². The van der Waals surface area contributed by atoms with Crippen LogP contribution in [-0.2, 0) is 9.59 Å². The average molecular weight is 497 g/mol. The molecule has 1 aliphatic heterocycles. The normalized spacial score (nSPS) is 17.1. The second-order valence-corrected chi connectivity index (χ2v) is 8.44. The van der Waals surface area contributed by atoms with E-state index in [1.165, 1.54) is 0 Å². The summed E-state index contributed by atoms with van der Waals surface area (Å²) in [5.41, 5.74) is 1.14. The van der Waals surface area contributed by atoms with Gasteiger partial charge in [0.25, 0.3) is 11.7 Å². The molecule has 1 aliphatic rings. The number of ketones is 1. The quantitative estimate of drug-likeness (QED) is 0.267. The highest BCUT2D eigenvalue weighted by Crippen LogP contribution is 2.42. The van der Waals surface area contributed by atoms with E-state index >= 15 is 0 Å². The molecular formula is C28H36N2O6. The molecule has 0 aromatic heterocycles. The van der Waals surface area contributed by atoms with Crippen LogP contribution in [0.5, 0.6) is 17.2 Å². The summed E-state index contributed by atoms with van der Waals surface area (Å²) in [6.07, 6.45) is 0.696. The number of rotatable bonds is 12. The fourth-order valence-corrected chi connectivity index (χ4v) is 4.50. The number of aliphatic hydroxyl groups is 1. The molecule has 2 aromatic rings. The highest BCUT2D eigenvalue weighted by Gasteiger charge is 2.46. The summed E-state index contributed by atoms with van der Waals surface area (Å²) in [6.45, 7) is 9.53. The van der Waals surface area contributed by atoms with Crippen molar-refractivity contribution >= 4 is 17.4 Å². The van der Waals surface area contributed by atoms with Crippen LogP contribution in [0.2, 0.25) is 0 Å². The molecule has 8 heteroatoms. The Kier molecular flexibility index (Phi) is 9.36. The molecule has 0 unspecified atom stereocenters. The summed E-state index contributed by atoms with van der Waals surface area (Å²) in [7, 11) is 3.10. The van der Waals surface area contributed by atoms with Gasteiger partial charge >= 0.3 is 0 Å². The minimum atomic E-state index is -0.756. The third-order valence-corrected chi connectivity index (χ3v) is 6.47. The third-order valence-electron chi connectivity index (χ3n) is 6.47. The van der Waals surface area contributed by atoms with Crippen LogP contribution in [0.15, 0.2) is 48.0 Å². The second kappa shape index (κ2) is 12.4. The zero-order valence-corrected chi connectivity index (χ0v) is 21.7. The van der Waals surface area contributed by atoms with Crippen molar-refractivity contribution < 1.29 is 28.9 Å². The van der Waals surface area contributed by atoms with Crippen LogP contribution in [0.3, 0.4) is 0 Å². The first-order chi connectivity index (χ1) is 17.4. The molecule has 2 aromatic carbocycles. The molecule has 1 fully saturated rings. The summed E-state index contributed by atoms with van der Waals surface area (Å²) < 4.78 is 16.4. The lowest BCUT2D eigenvalue weighted by Gasteiger charge is -2.27. The number of carbonyl (C=O) groups excluding carboxylic acids is 2. The zero-order chi connectivity index (χ0) is 26.2. The van der Waals surface area contributed by atoms with Crippen molar-refractivity contribution in [2.75, 3.05) is 47.0 Å². The Bertz CT molecular complexity index is 1090. The Morgan fingerprint density at radius 3 is 2.25 bits per heavy atom. The average Bonchev–Trinajstić information content (AvgIpc) is 3.16. The molecule has 3 rings (SSSR count). The maximum absolute atomic E-state index is 13.3. The molecule has 1 atom stereocenters. The number of amides is 1. The monoisotopic (exact) mass is 496 g/mol. The molecule has 0 spiro atoms. The molecule has 0 bridgehead atoms. The maximum atomic E-state index is 13.3. The fourth-order valence-electron chi connectivity index (χ4n) is 4.50. The van der Waals surface area contributed by atoms with Gasteiger partial charge in [-0.05, 0) is 74.9 Å². The minimum absolute atomic E-state index is 0.0548. The molecular weight excluding hydrogens is 460 g/mol. The lowest BCUT2D eigenvalue weighted by atomic mass is 9.95. The summed E-state index contributed by atoms with van der Waals surface area (Å²) >= 11 is 0. The molecule has 36 heavy (non-hydrogen) atoms. The molecule has 0 aliphatic carbocycles. The van der Waals surface area contributed by atoms with E-state index in [0.29, 0.717) is 47.9 Å². The van der Waals surface area contributed by atoms with Crippen molar-refractivity contribution in [1.29, 1.82) is 0 Å². The van der Waals surface area contributed by atoms with Gasteiger partial charge in [-0.25, -0.2) is 0 Å². The number of likely N-dealkylation sites (tertiary alicyclic amines) is 1. The Morgan fingerprint density at radius 1 is 0.972 bits per heavy atom. The third kappa shape index (κ3) is 5.65. The molecule has 1 heterocycles. The Hall–Kier alpha value is -3.52. The van der Waals surface area contributed by atoms with Gasteiger partial charge in [-0.2, -0.15) is 0 Å². The Labute approximate surface area is 213 Å². The van der Waals surface area contributed by atoms with E-state index in [0.717, 1.165) is 19.6 Å². The molecule has 8 nitrogen and oxygen atoms in total. The molecule has 1 N–H and O–H groups in total. The standard InChI is InChI=1S/C28H36N2O6/c1-6-29(7-2)16-9-17-30-25(20-12-15-22(36-8-3)23(18-20)35-5)24(27(32)28(30)33)26(31)19-10-13-21(34-4)14-11-19/h10-15,18,25,31H,6-9,16-17H2,1-5H3/t25-/m1/s1. The first kappa shape index (κ1) is 27.1. The molecule has 1 amide bonds. The van der Waals surface area contributed by atoms with Gasteiger partial charge in [0.2, 0.25) is 0 Å². The van der Waals surface area contributed by atoms with Crippen LogP contribution in [0.1, 0.15) is 44.4 Å². The molecule has 0 saturated carbocycles. The lowest BCUT2D eigenvalue weighted by Crippen LogP contribution is -2.33. The van der Waals surface area contributed by atoms with Crippen molar-refractivity contribution in [3.05, 3.63) is 59.2 Å². The number of benzene rings is 2. The summed E-state index contributed by atoms with van der Waals surface area (Å²) in [6, 6.07) is 11.3. The van der Waals surface area contributed by atoms with Crippen LogP contribution in [0.25, 0.3) is 5.76 Å². The highest BCUT2D eigenvalue weighted by atomic mass is 16.5. The Morgan fingerprint density at radius 2 is 1.67 bits per heavy atom. The molecule has 1 saturated heterocycles. The van der Waals surface area contributed by atoms with E-state index in [1.54, 1.807) is 55.5 Å². The van der Waals surface area contributed by atoms with Crippen molar-refractivity contribution in [1.82, 2.24) is 9.80 Å². The topological polar surface area (TPSA) is 88.5 Å². The van der Waals surface area contributed by atoms with Crippen LogP contribution >= 0.6 is 0 Å². The number of ether oxygens (including phenoxy) is 3. The Balaban J connectivity index is 2.08. The number of methoxy groups -OCH3 is 2. The van der Waals surface area contributed by atoms with Crippen LogP contribution in [-0.4, -0.2) is 73.6 Å². The minimum Gasteiger partial charge on any atom is -0.507 e. The number of hydrogen-bond acceptors (Lipinski definition) is 7. The van der Waals surface area contributed by atoms with Gasteiger partial charge in [0.05, 0.1) is 32.4 Å². The highest BCUT2D eigenvalue weighted by molar-refractivity contribution is 6.46. The van der Waals surface area contributed by atoms with Gasteiger partial charge in [-0.1, -0.05) is 19.9 Å². The van der Waals surface area contributed by atoms with Gasteiger partial charge in [0.15, 0.2) is 11.5 Å². The lowest BCUT2D eigenvalue weighted by molar-refractivity contribution is -0.140. The van der Waals surface area contributed by atoms with Gasteiger partial charge in [0.1, 0.15) is 11.5 Å². The number of nitrogens with zero attached hydrogens (tertiary/aromatic N) is 2.